The van der Waals surface area contributed by atoms with Gasteiger partial charge in [0.25, 0.3) is 0 Å². The van der Waals surface area contributed by atoms with Gasteiger partial charge in [-0.15, -0.1) is 0 Å². The van der Waals surface area contributed by atoms with Crippen LogP contribution >= 0.6 is 0 Å². The van der Waals surface area contributed by atoms with Gasteiger partial charge in [0, 0.05) is 6.42 Å². The lowest BCUT2D eigenvalue weighted by atomic mass is 10.1. The quantitative estimate of drug-likeness (QED) is 0.801. The average molecular weight is 271 g/mol. The van der Waals surface area contributed by atoms with Crippen LogP contribution in [-0.4, -0.2) is 31.2 Å². The van der Waals surface area contributed by atoms with E-state index in [1.807, 2.05) is 0 Å². The third kappa shape index (κ3) is 3.30. The Morgan fingerprint density at radius 2 is 1.94 bits per heavy atom. The number of primary amides is 1. The summed E-state index contributed by atoms with van der Waals surface area (Å²) in [6.07, 6.45) is -0.293. The molecule has 3 N–H and O–H groups in total. The maximum atomic E-state index is 11.8. The topological polar surface area (TPSA) is 115 Å². The number of amides is 1. The maximum absolute atomic E-state index is 11.8. The maximum Gasteiger partial charge on any atom is 0.335 e. The van der Waals surface area contributed by atoms with Crippen molar-refractivity contribution >= 4 is 21.7 Å². The van der Waals surface area contributed by atoms with E-state index >= 15 is 0 Å². The van der Waals surface area contributed by atoms with Gasteiger partial charge in [-0.25, -0.2) is 13.2 Å². The number of sulfone groups is 1. The zero-order valence-corrected chi connectivity index (χ0v) is 10.5. The van der Waals surface area contributed by atoms with E-state index in [9.17, 15) is 18.0 Å². The molecule has 0 fully saturated rings. The van der Waals surface area contributed by atoms with Crippen LogP contribution in [0.2, 0.25) is 0 Å². The number of carboxylic acids is 1. The fourth-order valence-corrected chi connectivity index (χ4v) is 2.66. The van der Waals surface area contributed by atoms with E-state index in [0.29, 0.717) is 5.56 Å². The van der Waals surface area contributed by atoms with Crippen molar-refractivity contribution in [3.05, 3.63) is 29.3 Å². The first-order chi connectivity index (χ1) is 8.24. The fourth-order valence-electron chi connectivity index (χ4n) is 1.38. The number of aryl methyl sites for hydroxylation is 1. The van der Waals surface area contributed by atoms with Crippen LogP contribution in [0.25, 0.3) is 0 Å². The SMILES string of the molecule is Cc1ccc(S(=O)(=O)CCC(N)=O)cc1C(=O)O. The normalized spacial score (nSPS) is 11.2. The zero-order valence-electron chi connectivity index (χ0n) is 9.71. The first-order valence-corrected chi connectivity index (χ1v) is 6.74. The number of carbonyl (C=O) groups is 2. The van der Waals surface area contributed by atoms with Gasteiger partial charge in [-0.2, -0.15) is 0 Å². The molecule has 0 unspecified atom stereocenters. The molecule has 1 amide bonds. The Morgan fingerprint density at radius 1 is 1.33 bits per heavy atom. The summed E-state index contributed by atoms with van der Waals surface area (Å²) in [7, 11) is -3.69. The van der Waals surface area contributed by atoms with Gasteiger partial charge in [-0.05, 0) is 24.6 Å². The van der Waals surface area contributed by atoms with Crippen LogP contribution in [0.5, 0.6) is 0 Å². The molecular weight excluding hydrogens is 258 g/mol. The Balaban J connectivity index is 3.14. The second kappa shape index (κ2) is 5.18. The summed E-state index contributed by atoms with van der Waals surface area (Å²) in [5.74, 6) is -2.34. The van der Waals surface area contributed by atoms with Crippen molar-refractivity contribution in [2.24, 2.45) is 5.73 Å². The number of aromatic carboxylic acids is 1. The second-order valence-electron chi connectivity index (χ2n) is 3.82. The molecule has 98 valence electrons. The Morgan fingerprint density at radius 3 is 2.44 bits per heavy atom. The molecule has 0 bridgehead atoms. The van der Waals surface area contributed by atoms with Crippen LogP contribution in [0.3, 0.4) is 0 Å². The number of carbonyl (C=O) groups excluding carboxylic acids is 1. The Kier molecular flexibility index (Phi) is 4.07. The Bertz CT molecular complexity index is 591. The van der Waals surface area contributed by atoms with Gasteiger partial charge in [-0.3, -0.25) is 4.79 Å². The molecule has 0 heterocycles. The summed E-state index contributed by atoms with van der Waals surface area (Å²) in [5.41, 5.74) is 5.28. The Labute approximate surface area is 104 Å². The highest BCUT2D eigenvalue weighted by molar-refractivity contribution is 7.91. The predicted octanol–water partition coefficient (Wildman–Crippen LogP) is 0.342. The molecule has 0 aliphatic rings. The summed E-state index contributed by atoms with van der Waals surface area (Å²) >= 11 is 0. The molecule has 0 atom stereocenters. The minimum Gasteiger partial charge on any atom is -0.478 e. The highest BCUT2D eigenvalue weighted by Crippen LogP contribution is 2.17. The molecule has 1 aromatic rings. The van der Waals surface area contributed by atoms with E-state index in [4.69, 9.17) is 10.8 Å². The third-order valence-electron chi connectivity index (χ3n) is 2.42. The van der Waals surface area contributed by atoms with Crippen molar-refractivity contribution < 1.29 is 23.1 Å². The van der Waals surface area contributed by atoms with Gasteiger partial charge < -0.3 is 10.8 Å². The standard InChI is InChI=1S/C11H13NO5S/c1-7-2-3-8(6-9(7)11(14)15)18(16,17)5-4-10(12)13/h2-3,6H,4-5H2,1H3,(H2,12,13)(H,14,15). The van der Waals surface area contributed by atoms with Crippen LogP contribution in [0.15, 0.2) is 23.1 Å². The van der Waals surface area contributed by atoms with Crippen molar-refractivity contribution in [2.45, 2.75) is 18.2 Å². The lowest BCUT2D eigenvalue weighted by Gasteiger charge is -2.06. The summed E-state index contributed by atoms with van der Waals surface area (Å²) < 4.78 is 23.6. The van der Waals surface area contributed by atoms with Gasteiger partial charge in [0.2, 0.25) is 5.91 Å². The van der Waals surface area contributed by atoms with E-state index < -0.39 is 27.5 Å². The lowest BCUT2D eigenvalue weighted by molar-refractivity contribution is -0.117. The van der Waals surface area contributed by atoms with E-state index in [1.54, 1.807) is 6.92 Å². The Hall–Kier alpha value is -1.89. The largest absolute Gasteiger partial charge is 0.478 e. The molecule has 18 heavy (non-hydrogen) atoms. The molecule has 0 aliphatic heterocycles. The first kappa shape index (κ1) is 14.2. The predicted molar refractivity (Wildman–Crippen MR) is 64.0 cm³/mol. The minimum absolute atomic E-state index is 0.0739. The van der Waals surface area contributed by atoms with Crippen molar-refractivity contribution in [3.8, 4) is 0 Å². The smallest absolute Gasteiger partial charge is 0.335 e. The molecule has 0 aromatic heterocycles. The first-order valence-electron chi connectivity index (χ1n) is 5.09. The molecular formula is C11H13NO5S. The highest BCUT2D eigenvalue weighted by atomic mass is 32.2. The number of nitrogens with two attached hydrogens (primary N) is 1. The second-order valence-corrected chi connectivity index (χ2v) is 5.93. The number of hydrogen-bond donors (Lipinski definition) is 2. The van der Waals surface area contributed by atoms with E-state index in [-0.39, 0.29) is 16.9 Å². The zero-order chi connectivity index (χ0) is 13.9. The number of rotatable bonds is 5. The molecule has 1 aromatic carbocycles. The molecule has 0 saturated heterocycles. The summed E-state index contributed by atoms with van der Waals surface area (Å²) in [6.45, 7) is 1.57. The van der Waals surface area contributed by atoms with Gasteiger partial charge in [0.1, 0.15) is 0 Å². The molecule has 0 aliphatic carbocycles. The van der Waals surface area contributed by atoms with Crippen molar-refractivity contribution in [1.29, 1.82) is 0 Å². The number of benzene rings is 1. The number of hydrogen-bond acceptors (Lipinski definition) is 4. The molecule has 1 rings (SSSR count). The van der Waals surface area contributed by atoms with E-state index in [2.05, 4.69) is 0 Å². The fraction of sp³-hybridized carbons (Fsp3) is 0.273. The van der Waals surface area contributed by atoms with Gasteiger partial charge >= 0.3 is 5.97 Å². The minimum atomic E-state index is -3.69. The van der Waals surface area contributed by atoms with Crippen LogP contribution in [0, 0.1) is 6.92 Å². The van der Waals surface area contributed by atoms with Gasteiger partial charge in [0.05, 0.1) is 16.2 Å². The summed E-state index contributed by atoms with van der Waals surface area (Å²) in [6, 6.07) is 3.83. The van der Waals surface area contributed by atoms with Crippen molar-refractivity contribution in [2.75, 3.05) is 5.75 Å². The molecule has 0 saturated carbocycles. The molecule has 6 nitrogen and oxygen atoms in total. The molecule has 0 spiro atoms. The number of carboxylic acid groups (broad SMARTS) is 1. The van der Waals surface area contributed by atoms with Crippen molar-refractivity contribution in [1.82, 2.24) is 0 Å². The third-order valence-corrected chi connectivity index (χ3v) is 4.13. The lowest BCUT2D eigenvalue weighted by Crippen LogP contribution is -2.17. The van der Waals surface area contributed by atoms with Gasteiger partial charge in [0.15, 0.2) is 9.84 Å². The van der Waals surface area contributed by atoms with Gasteiger partial charge in [-0.1, -0.05) is 6.07 Å². The van der Waals surface area contributed by atoms with E-state index in [0.717, 1.165) is 6.07 Å². The molecule has 7 heteroatoms. The van der Waals surface area contributed by atoms with Crippen LogP contribution < -0.4 is 5.73 Å². The summed E-state index contributed by atoms with van der Waals surface area (Å²) in [5, 5.41) is 8.91. The average Bonchev–Trinajstić information content (AvgIpc) is 2.26. The van der Waals surface area contributed by atoms with Crippen LogP contribution in [0.4, 0.5) is 0 Å². The van der Waals surface area contributed by atoms with Crippen LogP contribution in [0.1, 0.15) is 22.3 Å². The molecule has 0 radical (unpaired) electrons. The van der Waals surface area contributed by atoms with E-state index in [1.165, 1.54) is 12.1 Å². The van der Waals surface area contributed by atoms with Crippen LogP contribution in [-0.2, 0) is 14.6 Å². The highest BCUT2D eigenvalue weighted by Gasteiger charge is 2.18. The monoisotopic (exact) mass is 271 g/mol. The summed E-state index contributed by atoms with van der Waals surface area (Å²) in [4.78, 5) is 21.3. The van der Waals surface area contributed by atoms with Crippen molar-refractivity contribution in [3.63, 3.8) is 0 Å².